The molecule has 0 saturated heterocycles. The highest BCUT2D eigenvalue weighted by molar-refractivity contribution is 5.87. The molecular formula is C14H25NO3. The van der Waals surface area contributed by atoms with Crippen LogP contribution in [0.15, 0.2) is 0 Å². The van der Waals surface area contributed by atoms with Crippen molar-refractivity contribution in [3.8, 4) is 0 Å². The fourth-order valence-electron chi connectivity index (χ4n) is 2.69. The van der Waals surface area contributed by atoms with Gasteiger partial charge in [-0.2, -0.15) is 0 Å². The molecule has 0 radical (unpaired) electrons. The molecule has 1 aliphatic rings. The van der Waals surface area contributed by atoms with E-state index in [0.29, 0.717) is 31.1 Å². The van der Waals surface area contributed by atoms with Crippen molar-refractivity contribution in [1.82, 2.24) is 5.32 Å². The molecule has 1 saturated carbocycles. The molecule has 0 aliphatic heterocycles. The van der Waals surface area contributed by atoms with Crippen LogP contribution >= 0.6 is 0 Å². The molecule has 1 rings (SSSR count). The maximum absolute atomic E-state index is 11.9. The van der Waals surface area contributed by atoms with Crippen LogP contribution in [0.25, 0.3) is 0 Å². The highest BCUT2D eigenvalue weighted by atomic mass is 16.4. The number of aliphatic carboxylic acids is 1. The van der Waals surface area contributed by atoms with E-state index in [-0.39, 0.29) is 5.91 Å². The van der Waals surface area contributed by atoms with Crippen molar-refractivity contribution in [3.05, 3.63) is 0 Å². The molecule has 1 amide bonds. The summed E-state index contributed by atoms with van der Waals surface area (Å²) in [7, 11) is 0. The lowest BCUT2D eigenvalue weighted by molar-refractivity contribution is -0.150. The molecule has 1 fully saturated rings. The fourth-order valence-corrected chi connectivity index (χ4v) is 2.69. The number of hydrogen-bond donors (Lipinski definition) is 2. The van der Waals surface area contributed by atoms with Crippen molar-refractivity contribution < 1.29 is 14.7 Å². The van der Waals surface area contributed by atoms with E-state index >= 15 is 0 Å². The predicted molar refractivity (Wildman–Crippen MR) is 70.2 cm³/mol. The summed E-state index contributed by atoms with van der Waals surface area (Å²) in [5.41, 5.74) is -1.03. The lowest BCUT2D eigenvalue weighted by Crippen LogP contribution is -2.57. The number of rotatable bonds is 5. The van der Waals surface area contributed by atoms with E-state index in [2.05, 4.69) is 12.2 Å². The van der Waals surface area contributed by atoms with Gasteiger partial charge in [0, 0.05) is 6.42 Å². The summed E-state index contributed by atoms with van der Waals surface area (Å²) in [6, 6.07) is 0. The van der Waals surface area contributed by atoms with E-state index in [1.54, 1.807) is 0 Å². The number of carboxylic acids is 1. The van der Waals surface area contributed by atoms with Gasteiger partial charge in [-0.25, -0.2) is 4.79 Å². The van der Waals surface area contributed by atoms with Gasteiger partial charge in [-0.1, -0.05) is 40.0 Å². The van der Waals surface area contributed by atoms with E-state index in [9.17, 15) is 14.7 Å². The minimum Gasteiger partial charge on any atom is -0.480 e. The average Bonchev–Trinajstić information content (AvgIpc) is 2.28. The summed E-state index contributed by atoms with van der Waals surface area (Å²) < 4.78 is 0. The van der Waals surface area contributed by atoms with Crippen molar-refractivity contribution in [3.63, 3.8) is 0 Å². The Kier molecular flexibility index (Phi) is 5.17. The Morgan fingerprint density at radius 2 is 2.17 bits per heavy atom. The Morgan fingerprint density at radius 3 is 2.67 bits per heavy atom. The number of carbonyl (C=O) groups is 2. The van der Waals surface area contributed by atoms with Crippen molar-refractivity contribution in [2.24, 2.45) is 11.8 Å². The molecule has 104 valence electrons. The van der Waals surface area contributed by atoms with Gasteiger partial charge in [0.25, 0.3) is 0 Å². The zero-order chi connectivity index (χ0) is 13.8. The molecule has 2 N–H and O–H groups in total. The molecule has 0 spiro atoms. The molecular weight excluding hydrogens is 230 g/mol. The van der Waals surface area contributed by atoms with Gasteiger partial charge in [0.15, 0.2) is 0 Å². The monoisotopic (exact) mass is 255 g/mol. The molecule has 1 aliphatic carbocycles. The van der Waals surface area contributed by atoms with E-state index in [4.69, 9.17) is 0 Å². The third-order valence-corrected chi connectivity index (χ3v) is 4.02. The van der Waals surface area contributed by atoms with Gasteiger partial charge in [0.1, 0.15) is 5.54 Å². The van der Waals surface area contributed by atoms with Gasteiger partial charge in [-0.15, -0.1) is 0 Å². The summed E-state index contributed by atoms with van der Waals surface area (Å²) in [4.78, 5) is 23.4. The molecule has 4 heteroatoms. The van der Waals surface area contributed by atoms with Crippen LogP contribution in [-0.2, 0) is 9.59 Å². The Hall–Kier alpha value is -1.06. The molecule has 0 heterocycles. The second kappa shape index (κ2) is 6.21. The van der Waals surface area contributed by atoms with Crippen LogP contribution in [0.2, 0.25) is 0 Å². The van der Waals surface area contributed by atoms with Crippen LogP contribution in [0.1, 0.15) is 59.3 Å². The maximum atomic E-state index is 11.9. The summed E-state index contributed by atoms with van der Waals surface area (Å²) in [5.74, 6) is -0.344. The van der Waals surface area contributed by atoms with Gasteiger partial charge in [0.2, 0.25) is 5.91 Å². The van der Waals surface area contributed by atoms with Crippen molar-refractivity contribution in [2.45, 2.75) is 64.8 Å². The minimum absolute atomic E-state index is 0.124. The fraction of sp³-hybridized carbons (Fsp3) is 0.857. The third kappa shape index (κ3) is 3.72. The zero-order valence-electron chi connectivity index (χ0n) is 11.7. The first-order valence-corrected chi connectivity index (χ1v) is 6.94. The van der Waals surface area contributed by atoms with Gasteiger partial charge >= 0.3 is 5.97 Å². The Balaban J connectivity index is 2.68. The molecule has 0 aromatic heterocycles. The Morgan fingerprint density at radius 1 is 1.50 bits per heavy atom. The van der Waals surface area contributed by atoms with Gasteiger partial charge in [0.05, 0.1) is 0 Å². The van der Waals surface area contributed by atoms with Crippen LogP contribution in [0.3, 0.4) is 0 Å². The van der Waals surface area contributed by atoms with Gasteiger partial charge in [-0.3, -0.25) is 4.79 Å². The van der Waals surface area contributed by atoms with E-state index in [0.717, 1.165) is 19.3 Å². The summed E-state index contributed by atoms with van der Waals surface area (Å²) in [5, 5.41) is 12.2. The first kappa shape index (κ1) is 15.0. The van der Waals surface area contributed by atoms with Crippen LogP contribution in [-0.4, -0.2) is 22.5 Å². The van der Waals surface area contributed by atoms with E-state index in [1.807, 2.05) is 13.8 Å². The normalized spacial score (nSPS) is 29.6. The molecule has 0 aromatic rings. The molecule has 4 nitrogen and oxygen atoms in total. The molecule has 0 aromatic carbocycles. The number of hydrogen-bond acceptors (Lipinski definition) is 2. The summed E-state index contributed by atoms with van der Waals surface area (Å²) in [6.07, 6.45) is 4.38. The molecule has 0 bridgehead atoms. The lowest BCUT2D eigenvalue weighted by atomic mass is 9.76. The second-order valence-electron chi connectivity index (χ2n) is 5.85. The van der Waals surface area contributed by atoms with Crippen molar-refractivity contribution in [2.75, 3.05) is 0 Å². The van der Waals surface area contributed by atoms with Gasteiger partial charge in [-0.05, 0) is 24.7 Å². The highest BCUT2D eigenvalue weighted by Crippen LogP contribution is 2.32. The predicted octanol–water partition coefficient (Wildman–Crippen LogP) is 2.57. The molecule has 3 unspecified atom stereocenters. The van der Waals surface area contributed by atoms with E-state index < -0.39 is 11.5 Å². The Bertz CT molecular complexity index is 316. The second-order valence-corrected chi connectivity index (χ2v) is 5.85. The van der Waals surface area contributed by atoms with E-state index in [1.165, 1.54) is 0 Å². The number of amides is 1. The zero-order valence-corrected chi connectivity index (χ0v) is 11.7. The lowest BCUT2D eigenvalue weighted by Gasteiger charge is -2.37. The number of nitrogens with one attached hydrogen (secondary N) is 1. The van der Waals surface area contributed by atoms with Crippen LogP contribution < -0.4 is 5.32 Å². The summed E-state index contributed by atoms with van der Waals surface area (Å²) in [6.45, 7) is 6.10. The minimum atomic E-state index is -1.03. The van der Waals surface area contributed by atoms with Crippen LogP contribution in [0, 0.1) is 11.8 Å². The van der Waals surface area contributed by atoms with Crippen molar-refractivity contribution >= 4 is 11.9 Å². The summed E-state index contributed by atoms with van der Waals surface area (Å²) >= 11 is 0. The van der Waals surface area contributed by atoms with Crippen LogP contribution in [0.4, 0.5) is 0 Å². The number of carboxylic acid groups (broad SMARTS) is 1. The Labute approximate surface area is 109 Å². The quantitative estimate of drug-likeness (QED) is 0.793. The standard InChI is InChI=1S/C14H25NO3/c1-4-10(2)8-12(16)15-14(13(17)18)7-5-6-11(3)9-14/h10-11H,4-9H2,1-3H3,(H,15,16)(H,17,18). The van der Waals surface area contributed by atoms with Gasteiger partial charge < -0.3 is 10.4 Å². The highest BCUT2D eigenvalue weighted by Gasteiger charge is 2.43. The molecule has 18 heavy (non-hydrogen) atoms. The van der Waals surface area contributed by atoms with Crippen LogP contribution in [0.5, 0.6) is 0 Å². The van der Waals surface area contributed by atoms with Crippen molar-refractivity contribution in [1.29, 1.82) is 0 Å². The first-order valence-electron chi connectivity index (χ1n) is 6.94. The largest absolute Gasteiger partial charge is 0.480 e. The SMILES string of the molecule is CCC(C)CC(=O)NC1(C(=O)O)CCCC(C)C1. The first-order chi connectivity index (χ1) is 8.39. The number of carbonyl (C=O) groups excluding carboxylic acids is 1. The topological polar surface area (TPSA) is 66.4 Å². The average molecular weight is 255 g/mol. The molecule has 3 atom stereocenters. The maximum Gasteiger partial charge on any atom is 0.329 e. The smallest absolute Gasteiger partial charge is 0.329 e. The third-order valence-electron chi connectivity index (χ3n) is 4.02.